The van der Waals surface area contributed by atoms with Crippen molar-refractivity contribution < 1.29 is 0 Å². The van der Waals surface area contributed by atoms with Crippen LogP contribution in [0.25, 0.3) is 0 Å². The van der Waals surface area contributed by atoms with E-state index in [-0.39, 0.29) is 10.8 Å². The molecule has 1 aromatic heterocycles. The van der Waals surface area contributed by atoms with Crippen molar-refractivity contribution in [3.05, 3.63) is 23.8 Å². The zero-order chi connectivity index (χ0) is 11.0. The maximum absolute atomic E-state index is 4.31. The summed E-state index contributed by atoms with van der Waals surface area (Å²) < 4.78 is 0. The third-order valence-electron chi connectivity index (χ3n) is 2.20. The van der Waals surface area contributed by atoms with Gasteiger partial charge in [-0.1, -0.05) is 41.5 Å². The second-order valence-corrected chi connectivity index (χ2v) is 5.79. The van der Waals surface area contributed by atoms with E-state index in [1.165, 1.54) is 0 Å². The SMILES string of the molecule is CC(C)(C)c1cc(C(C)(C)C)ncn1. The Hall–Kier alpha value is -0.920. The van der Waals surface area contributed by atoms with E-state index >= 15 is 0 Å². The van der Waals surface area contributed by atoms with E-state index in [0.29, 0.717) is 0 Å². The summed E-state index contributed by atoms with van der Waals surface area (Å²) >= 11 is 0. The van der Waals surface area contributed by atoms with Crippen LogP contribution in [0.15, 0.2) is 12.4 Å². The molecule has 78 valence electrons. The Morgan fingerprint density at radius 1 is 0.786 bits per heavy atom. The molecule has 1 rings (SSSR count). The van der Waals surface area contributed by atoms with Gasteiger partial charge < -0.3 is 0 Å². The molecule has 0 amide bonds. The lowest BCUT2D eigenvalue weighted by Crippen LogP contribution is -2.19. The molecule has 1 aromatic rings. The van der Waals surface area contributed by atoms with Crippen molar-refractivity contribution in [1.82, 2.24) is 9.97 Å². The molecule has 0 fully saturated rings. The van der Waals surface area contributed by atoms with Crippen LogP contribution in [0.4, 0.5) is 0 Å². The summed E-state index contributed by atoms with van der Waals surface area (Å²) in [5.41, 5.74) is 2.42. The molecule has 0 spiro atoms. The third-order valence-corrected chi connectivity index (χ3v) is 2.20. The van der Waals surface area contributed by atoms with Crippen LogP contribution in [-0.2, 0) is 10.8 Å². The third kappa shape index (κ3) is 2.53. The van der Waals surface area contributed by atoms with E-state index in [9.17, 15) is 0 Å². The van der Waals surface area contributed by atoms with Crippen LogP contribution in [-0.4, -0.2) is 9.97 Å². The molecule has 0 saturated carbocycles. The first-order chi connectivity index (χ1) is 6.21. The second kappa shape index (κ2) is 3.34. The standard InChI is InChI=1S/C12H20N2/c1-11(2,3)9-7-10(12(4,5)6)14-8-13-9/h7-8H,1-6H3. The van der Waals surface area contributed by atoms with Crippen LogP contribution in [0, 0.1) is 0 Å². The molecular weight excluding hydrogens is 172 g/mol. The summed E-state index contributed by atoms with van der Waals surface area (Å²) in [5.74, 6) is 0. The van der Waals surface area contributed by atoms with Crippen LogP contribution in [0.5, 0.6) is 0 Å². The molecule has 14 heavy (non-hydrogen) atoms. The molecule has 2 nitrogen and oxygen atoms in total. The Bertz CT molecular complexity index is 287. The molecule has 0 unspecified atom stereocenters. The van der Waals surface area contributed by atoms with Gasteiger partial charge in [0.05, 0.1) is 0 Å². The summed E-state index contributed by atoms with van der Waals surface area (Å²) in [7, 11) is 0. The minimum absolute atomic E-state index is 0.100. The lowest BCUT2D eigenvalue weighted by atomic mass is 9.87. The highest BCUT2D eigenvalue weighted by atomic mass is 14.9. The molecule has 0 radical (unpaired) electrons. The van der Waals surface area contributed by atoms with E-state index in [1.54, 1.807) is 6.33 Å². The molecule has 0 atom stereocenters. The van der Waals surface area contributed by atoms with Crippen molar-refractivity contribution in [2.75, 3.05) is 0 Å². The van der Waals surface area contributed by atoms with E-state index in [1.807, 2.05) is 0 Å². The highest BCUT2D eigenvalue weighted by molar-refractivity contribution is 5.20. The predicted octanol–water partition coefficient (Wildman–Crippen LogP) is 3.07. The molecule has 0 aliphatic carbocycles. The van der Waals surface area contributed by atoms with Gasteiger partial charge >= 0.3 is 0 Å². The molecule has 0 aliphatic heterocycles. The van der Waals surface area contributed by atoms with Crippen molar-refractivity contribution in [3.63, 3.8) is 0 Å². The van der Waals surface area contributed by atoms with Gasteiger partial charge in [-0.05, 0) is 6.07 Å². The first kappa shape index (κ1) is 11.2. The number of rotatable bonds is 0. The van der Waals surface area contributed by atoms with Gasteiger partial charge in [-0.2, -0.15) is 0 Å². The molecule has 0 bridgehead atoms. The van der Waals surface area contributed by atoms with Crippen molar-refractivity contribution >= 4 is 0 Å². The number of nitrogens with zero attached hydrogens (tertiary/aromatic N) is 2. The van der Waals surface area contributed by atoms with Crippen LogP contribution in [0.1, 0.15) is 52.9 Å². The smallest absolute Gasteiger partial charge is 0.115 e. The summed E-state index contributed by atoms with van der Waals surface area (Å²) in [6.45, 7) is 13.0. The molecule has 0 saturated heterocycles. The van der Waals surface area contributed by atoms with Crippen molar-refractivity contribution in [2.45, 2.75) is 52.4 Å². The second-order valence-electron chi connectivity index (χ2n) is 5.79. The molecule has 0 aliphatic rings. The largest absolute Gasteiger partial charge is 0.241 e. The molecule has 1 heterocycles. The highest BCUT2D eigenvalue weighted by Gasteiger charge is 2.20. The fraction of sp³-hybridized carbons (Fsp3) is 0.667. The maximum atomic E-state index is 4.31. The summed E-state index contributed by atoms with van der Waals surface area (Å²) in [4.78, 5) is 8.63. The fourth-order valence-electron chi connectivity index (χ4n) is 1.18. The van der Waals surface area contributed by atoms with Gasteiger partial charge in [0, 0.05) is 22.2 Å². The average molecular weight is 192 g/mol. The van der Waals surface area contributed by atoms with Crippen LogP contribution in [0.3, 0.4) is 0 Å². The van der Waals surface area contributed by atoms with Gasteiger partial charge in [0.25, 0.3) is 0 Å². The Morgan fingerprint density at radius 3 is 1.43 bits per heavy atom. The van der Waals surface area contributed by atoms with Gasteiger partial charge in [-0.15, -0.1) is 0 Å². The Labute approximate surface area is 86.8 Å². The zero-order valence-corrected chi connectivity index (χ0v) is 10.0. The van der Waals surface area contributed by atoms with E-state index in [2.05, 4.69) is 57.6 Å². The summed E-state index contributed by atoms with van der Waals surface area (Å²) in [5, 5.41) is 0. The minimum Gasteiger partial charge on any atom is -0.241 e. The predicted molar refractivity (Wildman–Crippen MR) is 59.4 cm³/mol. The van der Waals surface area contributed by atoms with Gasteiger partial charge in [0.1, 0.15) is 6.33 Å². The maximum Gasteiger partial charge on any atom is 0.115 e. The zero-order valence-electron chi connectivity index (χ0n) is 10.0. The average Bonchev–Trinajstić information content (AvgIpc) is 2.01. The molecule has 0 N–H and O–H groups in total. The lowest BCUT2D eigenvalue weighted by Gasteiger charge is -2.22. The van der Waals surface area contributed by atoms with Crippen LogP contribution in [0.2, 0.25) is 0 Å². The lowest BCUT2D eigenvalue weighted by molar-refractivity contribution is 0.537. The van der Waals surface area contributed by atoms with Crippen molar-refractivity contribution in [3.8, 4) is 0 Å². The quantitative estimate of drug-likeness (QED) is 0.631. The summed E-state index contributed by atoms with van der Waals surface area (Å²) in [6, 6.07) is 2.11. The Morgan fingerprint density at radius 2 is 1.14 bits per heavy atom. The first-order valence-corrected chi connectivity index (χ1v) is 5.04. The molecule has 0 aromatic carbocycles. The number of aromatic nitrogens is 2. The first-order valence-electron chi connectivity index (χ1n) is 5.04. The summed E-state index contributed by atoms with van der Waals surface area (Å²) in [6.07, 6.45) is 1.67. The van der Waals surface area contributed by atoms with Crippen molar-refractivity contribution in [2.24, 2.45) is 0 Å². The van der Waals surface area contributed by atoms with E-state index in [0.717, 1.165) is 11.4 Å². The monoisotopic (exact) mass is 192 g/mol. The molecule has 2 heteroatoms. The van der Waals surface area contributed by atoms with E-state index in [4.69, 9.17) is 0 Å². The Kier molecular flexibility index (Phi) is 2.66. The fourth-order valence-corrected chi connectivity index (χ4v) is 1.18. The Balaban J connectivity index is 3.15. The number of hydrogen-bond acceptors (Lipinski definition) is 2. The van der Waals surface area contributed by atoms with Crippen LogP contribution >= 0.6 is 0 Å². The van der Waals surface area contributed by atoms with Crippen LogP contribution < -0.4 is 0 Å². The highest BCUT2D eigenvalue weighted by Crippen LogP contribution is 2.25. The van der Waals surface area contributed by atoms with Gasteiger partial charge in [0.15, 0.2) is 0 Å². The normalized spacial score (nSPS) is 13.0. The van der Waals surface area contributed by atoms with Gasteiger partial charge in [-0.3, -0.25) is 0 Å². The number of hydrogen-bond donors (Lipinski definition) is 0. The van der Waals surface area contributed by atoms with Gasteiger partial charge in [-0.25, -0.2) is 9.97 Å². The van der Waals surface area contributed by atoms with Crippen molar-refractivity contribution in [1.29, 1.82) is 0 Å². The minimum atomic E-state index is 0.100. The topological polar surface area (TPSA) is 25.8 Å². The molecular formula is C12H20N2. The van der Waals surface area contributed by atoms with Gasteiger partial charge in [0.2, 0.25) is 0 Å². The van der Waals surface area contributed by atoms with E-state index < -0.39 is 0 Å².